The molecule has 3 heterocycles. The molecule has 0 fully saturated rings. The summed E-state index contributed by atoms with van der Waals surface area (Å²) in [6, 6.07) is 15.5. The molecule has 0 saturated carbocycles. The number of carbonyl (C=O) groups excluding carboxylic acids is 1. The van der Waals surface area contributed by atoms with Crippen molar-refractivity contribution in [1.82, 2.24) is 19.7 Å². The highest BCUT2D eigenvalue weighted by Gasteiger charge is 2.10. The molecule has 0 aliphatic carbocycles. The third-order valence-electron chi connectivity index (χ3n) is 5.15. The predicted molar refractivity (Wildman–Crippen MR) is 147 cm³/mol. The predicted octanol–water partition coefficient (Wildman–Crippen LogP) is 6.64. The van der Waals surface area contributed by atoms with E-state index in [0.29, 0.717) is 23.6 Å². The van der Waals surface area contributed by atoms with Crippen LogP contribution in [-0.4, -0.2) is 44.5 Å². The van der Waals surface area contributed by atoms with Crippen LogP contribution in [0, 0.1) is 11.2 Å². The smallest absolute Gasteiger partial charge is 0.170 e. The fourth-order valence-electron chi connectivity index (χ4n) is 3.38. The van der Waals surface area contributed by atoms with Gasteiger partial charge in [0, 0.05) is 24.2 Å². The van der Waals surface area contributed by atoms with Crippen molar-refractivity contribution in [2.75, 3.05) is 18.6 Å². The summed E-state index contributed by atoms with van der Waals surface area (Å²) in [5, 5.41) is 16.2. The van der Waals surface area contributed by atoms with Gasteiger partial charge in [-0.25, -0.2) is 14.1 Å². The Kier molecular flexibility index (Phi) is 8.22. The highest BCUT2D eigenvalue weighted by Crippen LogP contribution is 2.28. The third-order valence-corrected chi connectivity index (χ3v) is 5.99. The van der Waals surface area contributed by atoms with Crippen molar-refractivity contribution in [3.8, 4) is 17.1 Å². The van der Waals surface area contributed by atoms with Gasteiger partial charge in [0.15, 0.2) is 12.0 Å². The van der Waals surface area contributed by atoms with E-state index >= 15 is 0 Å². The molecule has 0 saturated heterocycles. The zero-order valence-electron chi connectivity index (χ0n) is 19.8. The molecule has 2 aromatic carbocycles. The molecular weight excluding hydrogens is 515 g/mol. The Bertz CT molecular complexity index is 1570. The molecule has 37 heavy (non-hydrogen) atoms. The van der Waals surface area contributed by atoms with Crippen LogP contribution in [0.2, 0.25) is 0 Å². The summed E-state index contributed by atoms with van der Waals surface area (Å²) in [6.07, 6.45) is 7.38. The standard InChI is InChI=1S/C15H13ClN4O.C11H9FN2OS/c1-18-10-2-3-12-9(6-10)7-13(21-12)11-8-19-15(20-11)5-4-14(16)17;1-16-11-6-9(7-15)13-14(11)10-4-2-8(12)3-5-10/h2-8,17-18H,1H3,(H,19,20);2-7H,1H3/b5-4-,17-14?;. The summed E-state index contributed by atoms with van der Waals surface area (Å²) in [5.41, 5.74) is 3.73. The van der Waals surface area contributed by atoms with E-state index in [-0.39, 0.29) is 11.0 Å². The molecule has 5 aromatic rings. The maximum atomic E-state index is 12.8. The lowest BCUT2D eigenvalue weighted by atomic mass is 10.2. The van der Waals surface area contributed by atoms with Crippen LogP contribution < -0.4 is 5.32 Å². The van der Waals surface area contributed by atoms with Gasteiger partial charge in [-0.05, 0) is 66.9 Å². The number of imidazole rings is 1. The number of H-pyrrole nitrogens is 1. The van der Waals surface area contributed by atoms with Gasteiger partial charge in [-0.1, -0.05) is 11.6 Å². The number of nitrogens with zero attached hydrogens (tertiary/aromatic N) is 3. The summed E-state index contributed by atoms with van der Waals surface area (Å²) in [5.74, 6) is 1.04. The van der Waals surface area contributed by atoms with Crippen molar-refractivity contribution in [2.24, 2.45) is 0 Å². The Balaban J connectivity index is 0.000000180. The normalized spacial score (nSPS) is 10.9. The van der Waals surface area contributed by atoms with Crippen molar-refractivity contribution in [3.63, 3.8) is 0 Å². The number of carbonyl (C=O) groups is 1. The number of aldehydes is 1. The first kappa shape index (κ1) is 25.9. The number of thioether (sulfide) groups is 1. The molecule has 0 spiro atoms. The molecular formula is C26H22ClFN6O2S. The number of allylic oxidation sites excluding steroid dienone is 1. The molecule has 188 valence electrons. The van der Waals surface area contributed by atoms with Gasteiger partial charge in [-0.15, -0.1) is 11.8 Å². The SMILES string of the molecule is CNc1ccc2oc(-c3cnc(/C=C\C(=N)Cl)[nH]3)cc2c1.CSc1cc(C=O)nn1-c1ccc(F)cc1. The third kappa shape index (κ3) is 6.35. The number of rotatable bonds is 7. The minimum Gasteiger partial charge on any atom is -0.454 e. The molecule has 3 aromatic heterocycles. The van der Waals surface area contributed by atoms with E-state index in [9.17, 15) is 9.18 Å². The van der Waals surface area contributed by atoms with Crippen LogP contribution >= 0.6 is 23.4 Å². The Morgan fingerprint density at radius 2 is 2.00 bits per heavy atom. The molecule has 5 rings (SSSR count). The van der Waals surface area contributed by atoms with Gasteiger partial charge in [0.25, 0.3) is 0 Å². The number of fused-ring (bicyclic) bond motifs is 1. The van der Waals surface area contributed by atoms with Gasteiger partial charge in [-0.2, -0.15) is 5.10 Å². The Labute approximate surface area is 221 Å². The highest BCUT2D eigenvalue weighted by atomic mass is 35.5. The van der Waals surface area contributed by atoms with Crippen LogP contribution in [-0.2, 0) is 0 Å². The van der Waals surface area contributed by atoms with Crippen LogP contribution in [0.1, 0.15) is 16.3 Å². The van der Waals surface area contributed by atoms with Gasteiger partial charge in [-0.3, -0.25) is 10.2 Å². The van der Waals surface area contributed by atoms with E-state index in [2.05, 4.69) is 20.4 Å². The first-order chi connectivity index (χ1) is 17.9. The zero-order chi connectivity index (χ0) is 26.4. The number of nitrogens with one attached hydrogen (secondary N) is 3. The quantitative estimate of drug-likeness (QED) is 0.122. The average Bonchev–Trinajstić information content (AvgIpc) is 3.65. The van der Waals surface area contributed by atoms with E-state index in [0.717, 1.165) is 33.1 Å². The first-order valence-corrected chi connectivity index (χ1v) is 12.5. The molecule has 0 atom stereocenters. The van der Waals surface area contributed by atoms with Crippen LogP contribution in [0.25, 0.3) is 34.2 Å². The van der Waals surface area contributed by atoms with Gasteiger partial charge < -0.3 is 14.7 Å². The van der Waals surface area contributed by atoms with Crippen molar-refractivity contribution in [2.45, 2.75) is 5.03 Å². The summed E-state index contributed by atoms with van der Waals surface area (Å²) in [7, 11) is 1.88. The van der Waals surface area contributed by atoms with Crippen LogP contribution in [0.15, 0.2) is 76.3 Å². The topological polar surface area (TPSA) is 113 Å². The molecule has 0 radical (unpaired) electrons. The number of aromatic nitrogens is 4. The van der Waals surface area contributed by atoms with Crippen LogP contribution in [0.5, 0.6) is 0 Å². The first-order valence-electron chi connectivity index (χ1n) is 10.9. The van der Waals surface area contributed by atoms with Crippen LogP contribution in [0.3, 0.4) is 0 Å². The number of anilines is 1. The second-order valence-corrected chi connectivity index (χ2v) is 8.83. The molecule has 0 aliphatic rings. The molecule has 0 aliphatic heterocycles. The van der Waals surface area contributed by atoms with E-state index in [1.807, 2.05) is 37.6 Å². The van der Waals surface area contributed by atoms with Gasteiger partial charge in [0.2, 0.25) is 0 Å². The number of aromatic amines is 1. The van der Waals surface area contributed by atoms with E-state index in [1.165, 1.54) is 30.0 Å². The van der Waals surface area contributed by atoms with Crippen molar-refractivity contribution in [1.29, 1.82) is 5.41 Å². The molecule has 0 bridgehead atoms. The fraction of sp³-hybridized carbons (Fsp3) is 0.0769. The number of furan rings is 1. The average molecular weight is 537 g/mol. The lowest BCUT2D eigenvalue weighted by Gasteiger charge is -2.04. The second kappa shape index (κ2) is 11.7. The number of hydrogen-bond donors (Lipinski definition) is 3. The summed E-state index contributed by atoms with van der Waals surface area (Å²) >= 11 is 6.94. The van der Waals surface area contributed by atoms with Gasteiger partial charge in [0.1, 0.15) is 38.8 Å². The largest absolute Gasteiger partial charge is 0.454 e. The minimum atomic E-state index is -0.294. The molecule has 8 nitrogen and oxygen atoms in total. The summed E-state index contributed by atoms with van der Waals surface area (Å²) in [4.78, 5) is 17.9. The highest BCUT2D eigenvalue weighted by molar-refractivity contribution is 7.98. The lowest BCUT2D eigenvalue weighted by Crippen LogP contribution is -1.98. The van der Waals surface area contributed by atoms with Crippen molar-refractivity contribution < 1.29 is 13.6 Å². The summed E-state index contributed by atoms with van der Waals surface area (Å²) in [6.45, 7) is 0. The molecule has 3 N–H and O–H groups in total. The van der Waals surface area contributed by atoms with Gasteiger partial charge >= 0.3 is 0 Å². The maximum Gasteiger partial charge on any atom is 0.170 e. The monoisotopic (exact) mass is 536 g/mol. The fourth-order valence-corrected chi connectivity index (χ4v) is 4.00. The number of halogens is 2. The number of benzene rings is 2. The maximum absolute atomic E-state index is 12.8. The Morgan fingerprint density at radius 3 is 2.68 bits per heavy atom. The number of hydrogen-bond acceptors (Lipinski definition) is 7. The molecule has 0 unspecified atom stereocenters. The lowest BCUT2D eigenvalue weighted by molar-refractivity contribution is 0.111. The minimum absolute atomic E-state index is 0.0451. The van der Waals surface area contributed by atoms with E-state index < -0.39 is 0 Å². The Morgan fingerprint density at radius 1 is 1.22 bits per heavy atom. The van der Waals surface area contributed by atoms with E-state index in [1.54, 1.807) is 35.2 Å². The second-order valence-electron chi connectivity index (χ2n) is 7.59. The molecule has 11 heteroatoms. The Hall–Kier alpha value is -4.15. The van der Waals surface area contributed by atoms with Crippen molar-refractivity contribution >= 4 is 57.6 Å². The molecule has 0 amide bonds. The van der Waals surface area contributed by atoms with E-state index in [4.69, 9.17) is 21.4 Å². The van der Waals surface area contributed by atoms with Crippen molar-refractivity contribution in [3.05, 3.63) is 84.2 Å². The van der Waals surface area contributed by atoms with Gasteiger partial charge in [0.05, 0.1) is 11.9 Å². The zero-order valence-corrected chi connectivity index (χ0v) is 21.4. The summed E-state index contributed by atoms with van der Waals surface area (Å²) < 4.78 is 20.2. The van der Waals surface area contributed by atoms with Crippen LogP contribution in [0.4, 0.5) is 10.1 Å².